The molecule has 0 aliphatic rings. The van der Waals surface area contributed by atoms with Gasteiger partial charge < -0.3 is 4.12 Å². The molecule has 0 aromatic carbocycles. The van der Waals surface area contributed by atoms with Crippen molar-refractivity contribution in [2.45, 2.75) is 19.5 Å². The zero-order chi connectivity index (χ0) is 7.28. The molecule has 0 aromatic rings. The SMILES string of the molecule is CC(CS)C[SiH](C)O[SiH3]. The largest absolute Gasteiger partial charge is 0.466 e. The summed E-state index contributed by atoms with van der Waals surface area (Å²) in [5.74, 6) is 1.76. The van der Waals surface area contributed by atoms with Crippen LogP contribution in [0.25, 0.3) is 0 Å². The smallest absolute Gasteiger partial charge is 0.159 e. The van der Waals surface area contributed by atoms with Crippen LogP contribution in [0.2, 0.25) is 12.6 Å². The Kier molecular flexibility index (Phi) is 5.98. The van der Waals surface area contributed by atoms with E-state index in [0.29, 0.717) is 0 Å². The van der Waals surface area contributed by atoms with Crippen LogP contribution in [-0.4, -0.2) is 25.3 Å². The molecule has 56 valence electrons. The molecule has 0 N–H and O–H groups in total. The highest BCUT2D eigenvalue weighted by molar-refractivity contribution is 7.80. The molecule has 0 aliphatic heterocycles. The molecule has 0 radical (unpaired) electrons. The Morgan fingerprint density at radius 2 is 2.33 bits per heavy atom. The summed E-state index contributed by atoms with van der Waals surface area (Å²) in [5.41, 5.74) is 0. The van der Waals surface area contributed by atoms with Crippen molar-refractivity contribution in [3.8, 4) is 0 Å². The average Bonchev–Trinajstić information content (AvgIpc) is 1.87. The molecule has 4 heteroatoms. The Labute approximate surface area is 67.9 Å². The zero-order valence-electron chi connectivity index (χ0n) is 6.42. The maximum atomic E-state index is 5.37. The first-order chi connectivity index (χ1) is 4.20. The second-order valence-corrected chi connectivity index (χ2v) is 6.91. The molecule has 0 bridgehead atoms. The summed E-state index contributed by atoms with van der Waals surface area (Å²) in [7, 11) is 0.174. The summed E-state index contributed by atoms with van der Waals surface area (Å²) in [6, 6.07) is 1.28. The van der Waals surface area contributed by atoms with E-state index in [1.807, 2.05) is 0 Å². The van der Waals surface area contributed by atoms with Gasteiger partial charge in [0.1, 0.15) is 10.5 Å². The lowest BCUT2D eigenvalue weighted by Gasteiger charge is -2.11. The third-order valence-corrected chi connectivity index (χ3v) is 6.76. The number of hydrogen-bond donors (Lipinski definition) is 1. The lowest BCUT2D eigenvalue weighted by molar-refractivity contribution is 0.605. The zero-order valence-corrected chi connectivity index (χ0v) is 10.5. The molecule has 0 saturated carbocycles. The molecule has 2 unspecified atom stereocenters. The molecule has 0 fully saturated rings. The maximum absolute atomic E-state index is 5.37. The highest BCUT2D eigenvalue weighted by Crippen LogP contribution is 2.07. The Balaban J connectivity index is 3.22. The van der Waals surface area contributed by atoms with Crippen LogP contribution in [-0.2, 0) is 4.12 Å². The van der Waals surface area contributed by atoms with Gasteiger partial charge in [-0.15, -0.1) is 0 Å². The fourth-order valence-electron chi connectivity index (χ4n) is 0.737. The quantitative estimate of drug-likeness (QED) is 0.480. The Morgan fingerprint density at radius 1 is 1.78 bits per heavy atom. The van der Waals surface area contributed by atoms with Gasteiger partial charge in [0.25, 0.3) is 0 Å². The third-order valence-electron chi connectivity index (χ3n) is 1.45. The van der Waals surface area contributed by atoms with Crippen LogP contribution in [0.3, 0.4) is 0 Å². The van der Waals surface area contributed by atoms with E-state index in [1.165, 1.54) is 6.04 Å². The Bertz CT molecular complexity index is 64.0. The molecule has 0 saturated heterocycles. The van der Waals surface area contributed by atoms with Crippen LogP contribution in [0, 0.1) is 5.92 Å². The number of rotatable bonds is 4. The first-order valence-corrected chi connectivity index (χ1v) is 7.23. The van der Waals surface area contributed by atoms with Crippen LogP contribution in [0.15, 0.2) is 0 Å². The van der Waals surface area contributed by atoms with Gasteiger partial charge >= 0.3 is 0 Å². The van der Waals surface area contributed by atoms with Gasteiger partial charge in [0.15, 0.2) is 9.04 Å². The van der Waals surface area contributed by atoms with Gasteiger partial charge in [-0.05, 0) is 24.3 Å². The second kappa shape index (κ2) is 5.52. The van der Waals surface area contributed by atoms with Crippen molar-refractivity contribution in [3.05, 3.63) is 0 Å². The van der Waals surface area contributed by atoms with Crippen LogP contribution < -0.4 is 0 Å². The Morgan fingerprint density at radius 3 is 2.67 bits per heavy atom. The predicted molar refractivity (Wildman–Crippen MR) is 51.9 cm³/mol. The minimum absolute atomic E-state index is 0.744. The fraction of sp³-hybridized carbons (Fsp3) is 1.00. The van der Waals surface area contributed by atoms with E-state index in [-0.39, 0.29) is 0 Å². The van der Waals surface area contributed by atoms with Gasteiger partial charge in [0, 0.05) is 0 Å². The average molecular weight is 180 g/mol. The first-order valence-electron chi connectivity index (χ1n) is 3.34. The minimum atomic E-state index is -0.744. The van der Waals surface area contributed by atoms with Crippen molar-refractivity contribution < 1.29 is 4.12 Å². The van der Waals surface area contributed by atoms with Crippen molar-refractivity contribution >= 4 is 32.2 Å². The molecule has 2 atom stereocenters. The van der Waals surface area contributed by atoms with Gasteiger partial charge in [-0.1, -0.05) is 6.92 Å². The summed E-state index contributed by atoms with van der Waals surface area (Å²) in [6.07, 6.45) is 0. The molecular weight excluding hydrogens is 164 g/mol. The fourth-order valence-corrected chi connectivity index (χ4v) is 3.24. The first kappa shape index (κ1) is 9.74. The normalized spacial score (nSPS) is 17.7. The van der Waals surface area contributed by atoms with Gasteiger partial charge in [0.2, 0.25) is 0 Å². The standard InChI is InChI=1S/C5H16OSSi2/c1-5(3-7)4-9(2)6-8/h5,7,9H,3-4H2,1-2,8H3. The molecule has 0 aliphatic carbocycles. The monoisotopic (exact) mass is 180 g/mol. The summed E-state index contributed by atoms with van der Waals surface area (Å²) < 4.78 is 5.37. The molecule has 0 aromatic heterocycles. The third kappa shape index (κ3) is 5.20. The molecular formula is C5H16OSSi2. The summed E-state index contributed by atoms with van der Waals surface area (Å²) in [5, 5.41) is 0. The highest BCUT2D eigenvalue weighted by atomic mass is 32.1. The molecule has 0 amide bonds. The van der Waals surface area contributed by atoms with E-state index in [0.717, 1.165) is 22.2 Å². The van der Waals surface area contributed by atoms with E-state index in [1.54, 1.807) is 0 Å². The van der Waals surface area contributed by atoms with Crippen molar-refractivity contribution in [3.63, 3.8) is 0 Å². The van der Waals surface area contributed by atoms with Crippen LogP contribution in [0.1, 0.15) is 6.92 Å². The number of thiol groups is 1. The molecule has 0 spiro atoms. The lowest BCUT2D eigenvalue weighted by atomic mass is 10.3. The van der Waals surface area contributed by atoms with Crippen molar-refractivity contribution in [1.82, 2.24) is 0 Å². The van der Waals surface area contributed by atoms with E-state index in [9.17, 15) is 0 Å². The van der Waals surface area contributed by atoms with Crippen molar-refractivity contribution in [2.75, 3.05) is 5.75 Å². The minimum Gasteiger partial charge on any atom is -0.466 e. The molecule has 0 heterocycles. The highest BCUT2D eigenvalue weighted by Gasteiger charge is 2.06. The predicted octanol–water partition coefficient (Wildman–Crippen LogP) is 0.203. The maximum Gasteiger partial charge on any atom is 0.159 e. The van der Waals surface area contributed by atoms with E-state index < -0.39 is 9.04 Å². The van der Waals surface area contributed by atoms with E-state index in [2.05, 4.69) is 26.1 Å². The van der Waals surface area contributed by atoms with Crippen LogP contribution in [0.5, 0.6) is 0 Å². The summed E-state index contributed by atoms with van der Waals surface area (Å²) in [4.78, 5) is 0. The van der Waals surface area contributed by atoms with Gasteiger partial charge in [0.05, 0.1) is 0 Å². The van der Waals surface area contributed by atoms with Gasteiger partial charge in [-0.2, -0.15) is 12.6 Å². The van der Waals surface area contributed by atoms with Gasteiger partial charge in [-0.3, -0.25) is 0 Å². The molecule has 0 rings (SSSR count). The van der Waals surface area contributed by atoms with Crippen molar-refractivity contribution in [2.24, 2.45) is 5.92 Å². The Hall–Kier alpha value is 0.744. The molecule has 9 heavy (non-hydrogen) atoms. The van der Waals surface area contributed by atoms with E-state index in [4.69, 9.17) is 4.12 Å². The number of hydrogen-bond acceptors (Lipinski definition) is 2. The molecule has 1 nitrogen and oxygen atoms in total. The lowest BCUT2D eigenvalue weighted by Crippen LogP contribution is -2.15. The van der Waals surface area contributed by atoms with Crippen LogP contribution >= 0.6 is 12.6 Å². The van der Waals surface area contributed by atoms with E-state index >= 15 is 0 Å². The van der Waals surface area contributed by atoms with Crippen LogP contribution in [0.4, 0.5) is 0 Å². The summed E-state index contributed by atoms with van der Waals surface area (Å²) in [6.45, 7) is 4.49. The summed E-state index contributed by atoms with van der Waals surface area (Å²) >= 11 is 4.21. The van der Waals surface area contributed by atoms with Gasteiger partial charge in [-0.25, -0.2) is 0 Å². The van der Waals surface area contributed by atoms with Crippen molar-refractivity contribution in [1.29, 1.82) is 0 Å². The topological polar surface area (TPSA) is 9.23 Å². The second-order valence-electron chi connectivity index (χ2n) is 2.57.